The number of aryl methyl sites for hydroxylation is 1. The van der Waals surface area contributed by atoms with Crippen molar-refractivity contribution in [3.8, 4) is 17.1 Å². The van der Waals surface area contributed by atoms with Gasteiger partial charge in [-0.2, -0.15) is 0 Å². The van der Waals surface area contributed by atoms with Gasteiger partial charge >= 0.3 is 0 Å². The summed E-state index contributed by atoms with van der Waals surface area (Å²) in [5.41, 5.74) is 2.01. The largest absolute Gasteiger partial charge is 0.598 e. The van der Waals surface area contributed by atoms with Gasteiger partial charge in [-0.1, -0.05) is 23.7 Å². The fourth-order valence-corrected chi connectivity index (χ4v) is 4.84. The number of ether oxygens (including phenoxy) is 1. The second-order valence-electron chi connectivity index (χ2n) is 8.15. The van der Waals surface area contributed by atoms with Gasteiger partial charge in [-0.15, -0.1) is 4.31 Å². The number of hydrogen-bond donors (Lipinski definition) is 0. The molecule has 170 valence electrons. The number of para-hydroxylation sites is 1. The average molecular weight is 475 g/mol. The van der Waals surface area contributed by atoms with Gasteiger partial charge < -0.3 is 13.7 Å². The molecule has 32 heavy (non-hydrogen) atoms. The molecular formula is C24H27ClN2O4S. The third kappa shape index (κ3) is 4.97. The molecule has 1 aromatic heterocycles. The molecule has 1 aliphatic heterocycles. The zero-order valence-corrected chi connectivity index (χ0v) is 20.0. The van der Waals surface area contributed by atoms with E-state index in [4.69, 9.17) is 20.8 Å². The van der Waals surface area contributed by atoms with Gasteiger partial charge in [-0.05, 0) is 43.2 Å². The second kappa shape index (κ2) is 9.85. The van der Waals surface area contributed by atoms with Crippen LogP contribution in [0.3, 0.4) is 0 Å². The molecule has 2 aromatic carbocycles. The van der Waals surface area contributed by atoms with E-state index in [1.54, 1.807) is 24.5 Å². The number of rotatable bonds is 7. The highest BCUT2D eigenvalue weighted by atomic mass is 35.5. The maximum atomic E-state index is 12.6. The number of hydrogen-bond acceptors (Lipinski definition) is 6. The molecule has 6 nitrogen and oxygen atoms in total. The molecule has 0 spiro atoms. The first-order chi connectivity index (χ1) is 15.3. The Bertz CT molecular complexity index is 1170. The van der Waals surface area contributed by atoms with E-state index in [0.717, 1.165) is 37.2 Å². The highest BCUT2D eigenvalue weighted by Crippen LogP contribution is 2.33. The third-order valence-corrected chi connectivity index (χ3v) is 7.35. The van der Waals surface area contributed by atoms with Gasteiger partial charge in [-0.3, -0.25) is 9.69 Å². The second-order valence-corrected chi connectivity index (χ2v) is 9.98. The fraction of sp³-hybridized carbons (Fsp3) is 0.375. The molecule has 0 saturated carbocycles. The van der Waals surface area contributed by atoms with E-state index >= 15 is 0 Å². The average Bonchev–Trinajstić information content (AvgIpc) is 3.23. The van der Waals surface area contributed by atoms with Crippen LogP contribution in [0.4, 0.5) is 0 Å². The summed E-state index contributed by atoms with van der Waals surface area (Å²) < 4.78 is 25.8. The normalized spacial score (nSPS) is 17.9. The first-order valence-electron chi connectivity index (χ1n) is 10.6. The van der Waals surface area contributed by atoms with Crippen molar-refractivity contribution in [2.75, 3.05) is 39.5 Å². The van der Waals surface area contributed by atoms with Crippen molar-refractivity contribution >= 4 is 33.9 Å². The Hall–Kier alpha value is -2.03. The van der Waals surface area contributed by atoms with Gasteiger partial charge in [0.2, 0.25) is 0 Å². The van der Waals surface area contributed by atoms with Crippen LogP contribution in [0.25, 0.3) is 22.3 Å². The van der Waals surface area contributed by atoms with Crippen LogP contribution < -0.4 is 10.2 Å². The fourth-order valence-electron chi connectivity index (χ4n) is 4.03. The first kappa shape index (κ1) is 23.1. The molecule has 0 aliphatic carbocycles. The van der Waals surface area contributed by atoms with Crippen molar-refractivity contribution in [2.45, 2.75) is 19.4 Å². The van der Waals surface area contributed by atoms with Crippen LogP contribution >= 0.6 is 11.6 Å². The Balaban J connectivity index is 1.51. The number of fused-ring (bicyclic) bond motifs is 1. The van der Waals surface area contributed by atoms with E-state index in [2.05, 4.69) is 4.90 Å². The van der Waals surface area contributed by atoms with Gasteiger partial charge in [-0.25, -0.2) is 0 Å². The molecule has 0 radical (unpaired) electrons. The van der Waals surface area contributed by atoms with Crippen LogP contribution in [0.5, 0.6) is 5.75 Å². The quantitative estimate of drug-likeness (QED) is 0.480. The van der Waals surface area contributed by atoms with Gasteiger partial charge in [0.15, 0.2) is 11.0 Å². The minimum atomic E-state index is -0.961. The predicted octanol–water partition coefficient (Wildman–Crippen LogP) is 4.10. The number of nitrogens with zero attached hydrogens (tertiary/aromatic N) is 2. The number of halogens is 1. The molecule has 1 saturated heterocycles. The summed E-state index contributed by atoms with van der Waals surface area (Å²) in [4.78, 5) is 15.0. The summed E-state index contributed by atoms with van der Waals surface area (Å²) in [5.74, 6) is 1.10. The SMILES string of the molecule is Cc1ccc(-c2cc(=O)c3cccc(Cl)c3o2)c(OCCN2CCC(N(C)[S+](C)[O-])C2)c1. The van der Waals surface area contributed by atoms with Crippen LogP contribution in [0, 0.1) is 6.92 Å². The standard InChI is InChI=1S/C24H27ClN2O4S/c1-16-7-8-19(23-14-21(28)18-5-4-6-20(25)24(18)31-23)22(13-16)30-12-11-27-10-9-17(15-27)26(2)32(3)29/h4-8,13-14,17H,9-12,15H2,1-3H3. The van der Waals surface area contributed by atoms with Crippen LogP contribution in [-0.2, 0) is 11.4 Å². The Morgan fingerprint density at radius 3 is 2.91 bits per heavy atom. The molecule has 4 rings (SSSR count). The van der Waals surface area contributed by atoms with E-state index in [1.807, 2.05) is 36.5 Å². The molecular weight excluding hydrogens is 448 g/mol. The Kier molecular flexibility index (Phi) is 7.12. The van der Waals surface area contributed by atoms with Crippen LogP contribution in [-0.4, -0.2) is 59.3 Å². The summed E-state index contributed by atoms with van der Waals surface area (Å²) in [5, 5.41) is 0.856. The van der Waals surface area contributed by atoms with Crippen molar-refractivity contribution in [3.63, 3.8) is 0 Å². The molecule has 1 aliphatic rings. The van der Waals surface area contributed by atoms with E-state index in [-0.39, 0.29) is 5.43 Å². The van der Waals surface area contributed by atoms with Crippen molar-refractivity contribution in [2.24, 2.45) is 0 Å². The molecule has 1 fully saturated rings. The van der Waals surface area contributed by atoms with Crippen LogP contribution in [0.1, 0.15) is 12.0 Å². The zero-order chi connectivity index (χ0) is 22.8. The van der Waals surface area contributed by atoms with Gasteiger partial charge in [0.25, 0.3) is 0 Å². The maximum Gasteiger partial charge on any atom is 0.193 e. The lowest BCUT2D eigenvalue weighted by molar-refractivity contribution is 0.230. The van der Waals surface area contributed by atoms with Gasteiger partial charge in [0.1, 0.15) is 24.4 Å². The number of likely N-dealkylation sites (tertiary alicyclic amines) is 1. The summed E-state index contributed by atoms with van der Waals surface area (Å²) >= 11 is 5.31. The van der Waals surface area contributed by atoms with Crippen LogP contribution in [0.2, 0.25) is 5.02 Å². The first-order valence-corrected chi connectivity index (χ1v) is 12.5. The molecule has 8 heteroatoms. The molecule has 2 heterocycles. The molecule has 0 N–H and O–H groups in total. The van der Waals surface area contributed by atoms with E-state index in [0.29, 0.717) is 40.2 Å². The molecule has 3 aromatic rings. The Morgan fingerprint density at radius 1 is 1.31 bits per heavy atom. The maximum absolute atomic E-state index is 12.6. The molecule has 2 unspecified atom stereocenters. The van der Waals surface area contributed by atoms with Crippen LogP contribution in [0.15, 0.2) is 51.7 Å². The molecule has 0 amide bonds. The lowest BCUT2D eigenvalue weighted by Crippen LogP contribution is -2.38. The van der Waals surface area contributed by atoms with Gasteiger partial charge in [0, 0.05) is 44.1 Å². The summed E-state index contributed by atoms with van der Waals surface area (Å²) in [6.45, 7) is 5.09. The minimum absolute atomic E-state index is 0.143. The molecule has 0 bridgehead atoms. The van der Waals surface area contributed by atoms with E-state index < -0.39 is 11.4 Å². The van der Waals surface area contributed by atoms with Crippen molar-refractivity contribution in [3.05, 3.63) is 63.3 Å². The highest BCUT2D eigenvalue weighted by molar-refractivity contribution is 7.88. The Labute approximate surface area is 196 Å². The summed E-state index contributed by atoms with van der Waals surface area (Å²) in [6, 6.07) is 12.8. The predicted molar refractivity (Wildman–Crippen MR) is 130 cm³/mol. The highest BCUT2D eigenvalue weighted by Gasteiger charge is 2.30. The van der Waals surface area contributed by atoms with E-state index in [9.17, 15) is 9.35 Å². The summed E-state index contributed by atoms with van der Waals surface area (Å²) in [6.07, 6.45) is 2.71. The van der Waals surface area contributed by atoms with Crippen molar-refractivity contribution in [1.82, 2.24) is 9.21 Å². The zero-order valence-electron chi connectivity index (χ0n) is 18.5. The summed E-state index contributed by atoms with van der Waals surface area (Å²) in [7, 11) is 1.91. The minimum Gasteiger partial charge on any atom is -0.598 e. The van der Waals surface area contributed by atoms with Crippen molar-refractivity contribution in [1.29, 1.82) is 0 Å². The monoisotopic (exact) mass is 474 g/mol. The number of likely N-dealkylation sites (N-methyl/N-ethyl adjacent to an activating group) is 1. The third-order valence-electron chi connectivity index (χ3n) is 5.94. The van der Waals surface area contributed by atoms with E-state index in [1.165, 1.54) is 6.07 Å². The smallest absolute Gasteiger partial charge is 0.193 e. The van der Waals surface area contributed by atoms with Gasteiger partial charge in [0.05, 0.1) is 22.0 Å². The lowest BCUT2D eigenvalue weighted by atomic mass is 10.1. The lowest BCUT2D eigenvalue weighted by Gasteiger charge is -2.23. The Morgan fingerprint density at radius 2 is 2.12 bits per heavy atom. The van der Waals surface area contributed by atoms with Crippen molar-refractivity contribution < 1.29 is 13.7 Å². The molecule has 2 atom stereocenters. The topological polar surface area (TPSA) is 69.0 Å². The number of benzene rings is 2.